The van der Waals surface area contributed by atoms with Crippen LogP contribution in [0, 0.1) is 0 Å². The van der Waals surface area contributed by atoms with Crippen molar-refractivity contribution in [3.63, 3.8) is 0 Å². The van der Waals surface area contributed by atoms with Gasteiger partial charge < -0.3 is 4.90 Å². The van der Waals surface area contributed by atoms with Gasteiger partial charge in [-0.1, -0.05) is 12.2 Å². The molecule has 0 aromatic heterocycles. The van der Waals surface area contributed by atoms with Crippen LogP contribution in [0.3, 0.4) is 0 Å². The van der Waals surface area contributed by atoms with Crippen molar-refractivity contribution in [2.75, 3.05) is 13.7 Å². The summed E-state index contributed by atoms with van der Waals surface area (Å²) in [7, 11) is 1.67. The van der Waals surface area contributed by atoms with Crippen LogP contribution in [0.1, 0.15) is 20.8 Å². The monoisotopic (exact) mass is 221 g/mol. The molecule has 1 atom stereocenters. The van der Waals surface area contributed by atoms with Gasteiger partial charge in [0, 0.05) is 6.20 Å². The highest BCUT2D eigenvalue weighted by Crippen LogP contribution is 2.27. The Hall–Kier alpha value is -1.29. The Morgan fingerprint density at radius 1 is 1.62 bits per heavy atom. The highest BCUT2D eigenvalue weighted by Gasteiger charge is 2.38. The molecule has 0 bridgehead atoms. The summed E-state index contributed by atoms with van der Waals surface area (Å²) < 4.78 is 0. The SMILES string of the molecule is C=C(C)[C@@H]1CN2C=CC(C)(C)N=C2N1OC. The van der Waals surface area contributed by atoms with E-state index < -0.39 is 0 Å². The molecule has 2 aliphatic heterocycles. The third-order valence-corrected chi connectivity index (χ3v) is 2.92. The third kappa shape index (κ3) is 1.73. The Bertz CT molecular complexity index is 370. The first kappa shape index (κ1) is 11.2. The van der Waals surface area contributed by atoms with Crippen molar-refractivity contribution in [1.29, 1.82) is 0 Å². The van der Waals surface area contributed by atoms with Gasteiger partial charge in [0.25, 0.3) is 0 Å². The van der Waals surface area contributed by atoms with E-state index in [1.807, 2.05) is 12.0 Å². The molecule has 16 heavy (non-hydrogen) atoms. The zero-order valence-corrected chi connectivity index (χ0v) is 10.4. The van der Waals surface area contributed by atoms with Gasteiger partial charge in [0.15, 0.2) is 0 Å². The van der Waals surface area contributed by atoms with Crippen LogP contribution in [0.5, 0.6) is 0 Å². The standard InChI is InChI=1S/C12H19N3O/c1-9(2)10-8-14-7-6-12(3,4)13-11(14)15(10)16-5/h6-7,10H,1,8H2,2-5H3/t10-/m0/s1. The highest BCUT2D eigenvalue weighted by atomic mass is 16.7. The van der Waals surface area contributed by atoms with E-state index >= 15 is 0 Å². The smallest absolute Gasteiger partial charge is 0.226 e. The Balaban J connectivity index is 2.33. The van der Waals surface area contributed by atoms with Crippen molar-refractivity contribution in [2.45, 2.75) is 32.4 Å². The van der Waals surface area contributed by atoms with E-state index in [2.05, 4.69) is 42.6 Å². The van der Waals surface area contributed by atoms with Crippen LogP contribution in [0.2, 0.25) is 0 Å². The molecule has 1 saturated heterocycles. The van der Waals surface area contributed by atoms with E-state index in [4.69, 9.17) is 4.84 Å². The second-order valence-corrected chi connectivity index (χ2v) is 4.90. The maximum Gasteiger partial charge on any atom is 0.226 e. The number of fused-ring (bicyclic) bond motifs is 1. The Kier molecular flexibility index (Phi) is 2.54. The second-order valence-electron chi connectivity index (χ2n) is 4.90. The van der Waals surface area contributed by atoms with Crippen LogP contribution in [0.25, 0.3) is 0 Å². The van der Waals surface area contributed by atoms with Crippen molar-refractivity contribution >= 4 is 5.96 Å². The zero-order chi connectivity index (χ0) is 11.9. The molecule has 2 rings (SSSR count). The summed E-state index contributed by atoms with van der Waals surface area (Å²) in [5.74, 6) is 0.878. The normalized spacial score (nSPS) is 26.8. The number of nitrogens with zero attached hydrogens (tertiary/aromatic N) is 3. The molecule has 0 saturated carbocycles. The molecule has 4 nitrogen and oxygen atoms in total. The minimum absolute atomic E-state index is 0.160. The van der Waals surface area contributed by atoms with Crippen molar-refractivity contribution in [2.24, 2.45) is 4.99 Å². The average Bonchev–Trinajstić information content (AvgIpc) is 2.53. The lowest BCUT2D eigenvalue weighted by Crippen LogP contribution is -2.38. The van der Waals surface area contributed by atoms with Crippen molar-refractivity contribution < 1.29 is 4.84 Å². The fourth-order valence-corrected chi connectivity index (χ4v) is 1.98. The minimum Gasteiger partial charge on any atom is -0.315 e. The molecule has 0 aromatic rings. The fraction of sp³-hybridized carbons (Fsp3) is 0.583. The molecular formula is C12H19N3O. The summed E-state index contributed by atoms with van der Waals surface area (Å²) in [6.45, 7) is 11.0. The third-order valence-electron chi connectivity index (χ3n) is 2.92. The molecule has 0 aliphatic carbocycles. The number of aliphatic imine (C=N–C) groups is 1. The van der Waals surface area contributed by atoms with Gasteiger partial charge in [0.2, 0.25) is 5.96 Å². The van der Waals surface area contributed by atoms with Crippen molar-refractivity contribution in [1.82, 2.24) is 9.96 Å². The van der Waals surface area contributed by atoms with E-state index in [1.165, 1.54) is 0 Å². The molecule has 1 fully saturated rings. The van der Waals surface area contributed by atoms with Gasteiger partial charge in [-0.05, 0) is 26.8 Å². The van der Waals surface area contributed by atoms with Gasteiger partial charge in [-0.15, -0.1) is 0 Å². The summed E-state index contributed by atoms with van der Waals surface area (Å²) in [6.07, 6.45) is 4.18. The van der Waals surface area contributed by atoms with Gasteiger partial charge in [-0.2, -0.15) is 0 Å². The molecule has 2 heterocycles. The molecule has 0 unspecified atom stereocenters. The van der Waals surface area contributed by atoms with E-state index in [-0.39, 0.29) is 11.6 Å². The molecule has 0 spiro atoms. The number of rotatable bonds is 2. The van der Waals surface area contributed by atoms with Crippen molar-refractivity contribution in [3.8, 4) is 0 Å². The first-order valence-electron chi connectivity index (χ1n) is 5.49. The van der Waals surface area contributed by atoms with Gasteiger partial charge in [0.1, 0.15) is 0 Å². The number of hydrogen-bond donors (Lipinski definition) is 0. The molecule has 0 amide bonds. The van der Waals surface area contributed by atoms with Crippen LogP contribution in [-0.4, -0.2) is 41.2 Å². The Morgan fingerprint density at radius 2 is 2.31 bits per heavy atom. The Labute approximate surface area is 96.8 Å². The van der Waals surface area contributed by atoms with Crippen molar-refractivity contribution in [3.05, 3.63) is 24.4 Å². The van der Waals surface area contributed by atoms with E-state index in [0.29, 0.717) is 0 Å². The predicted octanol–water partition coefficient (Wildman–Crippen LogP) is 1.77. The molecule has 0 aromatic carbocycles. The molecule has 4 heteroatoms. The second kappa shape index (κ2) is 3.63. The highest BCUT2D eigenvalue weighted by molar-refractivity contribution is 5.84. The topological polar surface area (TPSA) is 28.1 Å². The molecule has 2 aliphatic rings. The average molecular weight is 221 g/mol. The summed E-state index contributed by atoms with van der Waals surface area (Å²) in [5, 5.41) is 1.84. The lowest BCUT2D eigenvalue weighted by Gasteiger charge is -2.28. The zero-order valence-electron chi connectivity index (χ0n) is 10.4. The predicted molar refractivity (Wildman–Crippen MR) is 64.8 cm³/mol. The summed E-state index contributed by atoms with van der Waals surface area (Å²) in [5.41, 5.74) is 0.928. The lowest BCUT2D eigenvalue weighted by atomic mass is 10.1. The number of guanidine groups is 1. The molecular weight excluding hydrogens is 202 g/mol. The summed E-state index contributed by atoms with van der Waals surface area (Å²) in [6, 6.07) is 0.183. The van der Waals surface area contributed by atoms with Crippen LogP contribution < -0.4 is 0 Å². The first-order valence-corrected chi connectivity index (χ1v) is 5.49. The van der Waals surface area contributed by atoms with E-state index in [0.717, 1.165) is 18.1 Å². The van der Waals surface area contributed by atoms with Gasteiger partial charge in [-0.3, -0.25) is 4.84 Å². The van der Waals surface area contributed by atoms with Crippen LogP contribution >= 0.6 is 0 Å². The van der Waals surface area contributed by atoms with Gasteiger partial charge in [0.05, 0.1) is 25.2 Å². The largest absolute Gasteiger partial charge is 0.315 e. The summed E-state index contributed by atoms with van der Waals surface area (Å²) in [4.78, 5) is 12.2. The minimum atomic E-state index is -0.160. The van der Waals surface area contributed by atoms with E-state index in [1.54, 1.807) is 7.11 Å². The number of hydrogen-bond acceptors (Lipinski definition) is 4. The maximum atomic E-state index is 5.41. The van der Waals surface area contributed by atoms with E-state index in [9.17, 15) is 0 Å². The van der Waals surface area contributed by atoms with Crippen LogP contribution in [0.15, 0.2) is 29.4 Å². The summed E-state index contributed by atoms with van der Waals surface area (Å²) >= 11 is 0. The van der Waals surface area contributed by atoms with Gasteiger partial charge >= 0.3 is 0 Å². The lowest BCUT2D eigenvalue weighted by molar-refractivity contribution is -0.0762. The molecule has 88 valence electrons. The first-order chi connectivity index (χ1) is 7.44. The quantitative estimate of drug-likeness (QED) is 0.665. The molecule has 0 N–H and O–H groups in total. The van der Waals surface area contributed by atoms with Crippen LogP contribution in [0.4, 0.5) is 0 Å². The maximum absolute atomic E-state index is 5.41. The van der Waals surface area contributed by atoms with Gasteiger partial charge in [-0.25, -0.2) is 10.1 Å². The number of hydroxylamine groups is 2. The van der Waals surface area contributed by atoms with Crippen LogP contribution in [-0.2, 0) is 4.84 Å². The molecule has 0 radical (unpaired) electrons. The Morgan fingerprint density at radius 3 is 2.88 bits per heavy atom. The fourth-order valence-electron chi connectivity index (χ4n) is 1.98.